The van der Waals surface area contributed by atoms with Gasteiger partial charge < -0.3 is 9.47 Å². The number of methoxy groups -OCH3 is 2. The van der Waals surface area contributed by atoms with Crippen LogP contribution in [0, 0.1) is 0 Å². The first kappa shape index (κ1) is 14.0. The number of hydrogen-bond donors (Lipinski definition) is 1. The van der Waals surface area contributed by atoms with Crippen LogP contribution < -0.4 is 14.8 Å². The first-order valence-electron chi connectivity index (χ1n) is 5.97. The van der Waals surface area contributed by atoms with Crippen molar-refractivity contribution in [3.05, 3.63) is 28.9 Å². The Morgan fingerprint density at radius 3 is 2.81 bits per heavy atom. The molecule has 108 valence electrons. The average Bonchev–Trinajstić information content (AvgIpc) is 2.90. The Hall–Kier alpha value is -1.93. The van der Waals surface area contributed by atoms with Gasteiger partial charge in [-0.1, -0.05) is 11.3 Å². The molecule has 0 atom stereocenters. The number of halogens is 1. The van der Waals surface area contributed by atoms with Crippen LogP contribution in [0.4, 0.5) is 11.1 Å². The highest BCUT2D eigenvalue weighted by atomic mass is 79.9. The van der Waals surface area contributed by atoms with Gasteiger partial charge in [-0.15, -0.1) is 0 Å². The Morgan fingerprint density at radius 1 is 1.19 bits per heavy atom. The summed E-state index contributed by atoms with van der Waals surface area (Å²) in [6.07, 6.45) is 1.63. The number of nitrogens with zero attached hydrogens (tertiary/aromatic N) is 3. The molecular formula is C13H11BrN4O2S. The van der Waals surface area contributed by atoms with Crippen LogP contribution in [0.25, 0.3) is 10.2 Å². The van der Waals surface area contributed by atoms with Crippen molar-refractivity contribution in [1.82, 2.24) is 15.0 Å². The number of thiazole rings is 1. The molecule has 0 aliphatic heterocycles. The Kier molecular flexibility index (Phi) is 3.89. The number of anilines is 2. The van der Waals surface area contributed by atoms with E-state index in [1.54, 1.807) is 20.4 Å². The molecule has 2 heterocycles. The smallest absolute Gasteiger partial charge is 0.232 e. The Morgan fingerprint density at radius 2 is 2.05 bits per heavy atom. The molecule has 0 saturated heterocycles. The second-order valence-corrected chi connectivity index (χ2v) is 5.91. The number of aromatic nitrogens is 3. The predicted octanol–water partition coefficient (Wildman–Crippen LogP) is 3.61. The van der Waals surface area contributed by atoms with E-state index < -0.39 is 0 Å². The first-order chi connectivity index (χ1) is 10.2. The quantitative estimate of drug-likeness (QED) is 0.760. The van der Waals surface area contributed by atoms with E-state index in [4.69, 9.17) is 9.47 Å². The highest BCUT2D eigenvalue weighted by Gasteiger charge is 2.09. The lowest BCUT2D eigenvalue weighted by atomic mass is 10.3. The summed E-state index contributed by atoms with van der Waals surface area (Å²) in [6.45, 7) is 0. The molecule has 0 aliphatic rings. The second kappa shape index (κ2) is 5.82. The van der Waals surface area contributed by atoms with Gasteiger partial charge in [0, 0.05) is 0 Å². The Bertz CT molecular complexity index is 793. The summed E-state index contributed by atoms with van der Waals surface area (Å²) < 4.78 is 12.1. The highest BCUT2D eigenvalue weighted by Crippen LogP contribution is 2.31. The molecule has 6 nitrogen and oxygen atoms in total. The van der Waals surface area contributed by atoms with Crippen LogP contribution in [0.2, 0.25) is 0 Å². The van der Waals surface area contributed by atoms with Crippen molar-refractivity contribution in [3.63, 3.8) is 0 Å². The third kappa shape index (κ3) is 2.91. The summed E-state index contributed by atoms with van der Waals surface area (Å²) in [5.74, 6) is 1.70. The van der Waals surface area contributed by atoms with Gasteiger partial charge in [0.2, 0.25) is 11.8 Å². The summed E-state index contributed by atoms with van der Waals surface area (Å²) in [5, 5.41) is 3.79. The summed E-state index contributed by atoms with van der Waals surface area (Å²) in [5.41, 5.74) is 0.896. The molecule has 0 spiro atoms. The number of fused-ring (bicyclic) bond motifs is 1. The van der Waals surface area contributed by atoms with E-state index in [-0.39, 0.29) is 0 Å². The summed E-state index contributed by atoms with van der Waals surface area (Å²) in [7, 11) is 3.20. The van der Waals surface area contributed by atoms with Gasteiger partial charge in [-0.3, -0.25) is 5.32 Å². The molecule has 8 heteroatoms. The minimum Gasteiger partial charge on any atom is -0.497 e. The van der Waals surface area contributed by atoms with Gasteiger partial charge >= 0.3 is 0 Å². The third-order valence-corrected chi connectivity index (χ3v) is 4.20. The molecule has 0 amide bonds. The SMILES string of the molecule is COc1ccc2nc(Nc3ncc(Br)c(OC)n3)sc2c1. The van der Waals surface area contributed by atoms with Crippen molar-refractivity contribution in [2.24, 2.45) is 0 Å². The van der Waals surface area contributed by atoms with E-state index in [2.05, 4.69) is 36.2 Å². The molecule has 0 radical (unpaired) electrons. The monoisotopic (exact) mass is 366 g/mol. The third-order valence-electron chi connectivity index (χ3n) is 2.72. The molecule has 21 heavy (non-hydrogen) atoms. The maximum atomic E-state index is 5.21. The van der Waals surface area contributed by atoms with Crippen LogP contribution in [0.3, 0.4) is 0 Å². The molecule has 3 aromatic rings. The molecule has 3 rings (SSSR count). The molecule has 0 unspecified atom stereocenters. The zero-order chi connectivity index (χ0) is 14.8. The van der Waals surface area contributed by atoms with Gasteiger partial charge in [0.1, 0.15) is 5.75 Å². The highest BCUT2D eigenvalue weighted by molar-refractivity contribution is 9.10. The Labute approximate surface area is 133 Å². The van der Waals surface area contributed by atoms with E-state index in [1.165, 1.54) is 11.3 Å². The maximum Gasteiger partial charge on any atom is 0.232 e. The van der Waals surface area contributed by atoms with Gasteiger partial charge in [-0.05, 0) is 34.1 Å². The lowest BCUT2D eigenvalue weighted by Crippen LogP contribution is -1.98. The van der Waals surface area contributed by atoms with E-state index in [0.717, 1.165) is 16.0 Å². The minimum atomic E-state index is 0.432. The predicted molar refractivity (Wildman–Crippen MR) is 85.7 cm³/mol. The molecule has 1 aromatic carbocycles. The van der Waals surface area contributed by atoms with Crippen LogP contribution >= 0.6 is 27.3 Å². The standard InChI is InChI=1S/C13H11BrN4O2S/c1-19-7-3-4-9-10(5-7)21-13(16-9)18-12-15-6-8(14)11(17-12)20-2/h3-6H,1-2H3,(H,15,16,17,18). The molecule has 0 fully saturated rings. The van der Waals surface area contributed by atoms with E-state index in [0.29, 0.717) is 21.4 Å². The fourth-order valence-electron chi connectivity index (χ4n) is 1.74. The van der Waals surface area contributed by atoms with Crippen LogP contribution in [-0.4, -0.2) is 29.2 Å². The molecular weight excluding hydrogens is 356 g/mol. The average molecular weight is 367 g/mol. The second-order valence-electron chi connectivity index (χ2n) is 4.03. The van der Waals surface area contributed by atoms with Crippen molar-refractivity contribution < 1.29 is 9.47 Å². The molecule has 0 aliphatic carbocycles. The summed E-state index contributed by atoms with van der Waals surface area (Å²) >= 11 is 4.82. The minimum absolute atomic E-state index is 0.432. The van der Waals surface area contributed by atoms with Gasteiger partial charge in [-0.2, -0.15) is 4.98 Å². The first-order valence-corrected chi connectivity index (χ1v) is 7.58. The van der Waals surface area contributed by atoms with Crippen LogP contribution in [0.5, 0.6) is 11.6 Å². The molecule has 0 saturated carbocycles. The number of nitrogens with one attached hydrogen (secondary N) is 1. The van der Waals surface area contributed by atoms with Gasteiger partial charge in [0.15, 0.2) is 5.13 Å². The van der Waals surface area contributed by atoms with E-state index >= 15 is 0 Å². The molecule has 1 N–H and O–H groups in total. The van der Waals surface area contributed by atoms with Crippen molar-refractivity contribution in [1.29, 1.82) is 0 Å². The number of benzene rings is 1. The van der Waals surface area contributed by atoms with Crippen LogP contribution in [-0.2, 0) is 0 Å². The summed E-state index contributed by atoms with van der Waals surface area (Å²) in [4.78, 5) is 12.9. The van der Waals surface area contributed by atoms with Crippen LogP contribution in [0.1, 0.15) is 0 Å². The zero-order valence-electron chi connectivity index (χ0n) is 11.3. The van der Waals surface area contributed by atoms with Crippen LogP contribution in [0.15, 0.2) is 28.9 Å². The van der Waals surface area contributed by atoms with Crippen molar-refractivity contribution in [2.75, 3.05) is 19.5 Å². The maximum absolute atomic E-state index is 5.21. The number of rotatable bonds is 4. The van der Waals surface area contributed by atoms with Gasteiger partial charge in [0.25, 0.3) is 0 Å². The summed E-state index contributed by atoms with van der Waals surface area (Å²) in [6, 6.07) is 5.74. The number of ether oxygens (including phenoxy) is 2. The largest absolute Gasteiger partial charge is 0.497 e. The van der Waals surface area contributed by atoms with E-state index in [9.17, 15) is 0 Å². The van der Waals surface area contributed by atoms with Gasteiger partial charge in [0.05, 0.1) is 35.1 Å². The fraction of sp³-hybridized carbons (Fsp3) is 0.154. The van der Waals surface area contributed by atoms with E-state index in [1.807, 2.05) is 18.2 Å². The lowest BCUT2D eigenvalue weighted by Gasteiger charge is -2.04. The fourth-order valence-corrected chi connectivity index (χ4v) is 2.98. The molecule has 0 bridgehead atoms. The lowest BCUT2D eigenvalue weighted by molar-refractivity contribution is 0.394. The van der Waals surface area contributed by atoms with Crippen molar-refractivity contribution in [2.45, 2.75) is 0 Å². The topological polar surface area (TPSA) is 69.2 Å². The zero-order valence-corrected chi connectivity index (χ0v) is 13.7. The number of hydrogen-bond acceptors (Lipinski definition) is 7. The van der Waals surface area contributed by atoms with Gasteiger partial charge in [-0.25, -0.2) is 9.97 Å². The normalized spacial score (nSPS) is 10.6. The Balaban J connectivity index is 1.90. The van der Waals surface area contributed by atoms with Crippen molar-refractivity contribution in [3.8, 4) is 11.6 Å². The molecule has 2 aromatic heterocycles. The van der Waals surface area contributed by atoms with Crippen molar-refractivity contribution >= 4 is 48.6 Å².